The molecule has 0 aliphatic heterocycles. The van der Waals surface area contributed by atoms with Crippen molar-refractivity contribution in [1.29, 1.82) is 0 Å². The maximum Gasteiger partial charge on any atom is 0.332 e. The number of anilines is 1. The first-order valence-corrected chi connectivity index (χ1v) is 11.5. The van der Waals surface area contributed by atoms with Crippen molar-refractivity contribution in [3.8, 4) is 0 Å². The van der Waals surface area contributed by atoms with Gasteiger partial charge in [-0.2, -0.15) is 4.31 Å². The van der Waals surface area contributed by atoms with Crippen molar-refractivity contribution >= 4 is 32.7 Å². The van der Waals surface area contributed by atoms with E-state index in [4.69, 9.17) is 0 Å². The Bertz CT molecular complexity index is 1440. The van der Waals surface area contributed by atoms with Gasteiger partial charge in [-0.3, -0.25) is 18.7 Å². The van der Waals surface area contributed by atoms with Gasteiger partial charge < -0.3 is 5.32 Å². The van der Waals surface area contributed by atoms with Crippen LogP contribution in [0.3, 0.4) is 0 Å². The molecule has 0 aliphatic rings. The van der Waals surface area contributed by atoms with Gasteiger partial charge >= 0.3 is 5.69 Å². The lowest BCUT2D eigenvalue weighted by atomic mass is 10.2. The second-order valence-electron chi connectivity index (χ2n) is 7.30. The second-order valence-corrected chi connectivity index (χ2v) is 9.20. The van der Waals surface area contributed by atoms with E-state index in [1.165, 1.54) is 41.2 Å². The van der Waals surface area contributed by atoms with Gasteiger partial charge in [0.05, 0.1) is 10.3 Å². The molecular formula is C21H25N5O5S. The third kappa shape index (κ3) is 3.96. The predicted molar refractivity (Wildman–Crippen MR) is 121 cm³/mol. The number of fused-ring (bicyclic) bond motifs is 1. The molecule has 0 aliphatic carbocycles. The van der Waals surface area contributed by atoms with Crippen LogP contribution in [0.1, 0.15) is 29.9 Å². The highest BCUT2D eigenvalue weighted by Crippen LogP contribution is 2.24. The zero-order valence-corrected chi connectivity index (χ0v) is 19.4. The molecular weight excluding hydrogens is 434 g/mol. The monoisotopic (exact) mass is 459 g/mol. The van der Waals surface area contributed by atoms with Gasteiger partial charge in [0.1, 0.15) is 11.3 Å². The van der Waals surface area contributed by atoms with E-state index in [0.717, 1.165) is 4.57 Å². The predicted octanol–water partition coefficient (Wildman–Crippen LogP) is 1.22. The highest BCUT2D eigenvalue weighted by molar-refractivity contribution is 7.89. The van der Waals surface area contributed by atoms with E-state index in [2.05, 4.69) is 10.3 Å². The van der Waals surface area contributed by atoms with E-state index in [-0.39, 0.29) is 27.3 Å². The van der Waals surface area contributed by atoms with Gasteiger partial charge in [-0.1, -0.05) is 19.9 Å². The van der Waals surface area contributed by atoms with Crippen LogP contribution < -0.4 is 16.6 Å². The van der Waals surface area contributed by atoms with Crippen LogP contribution in [0.4, 0.5) is 5.69 Å². The number of hydrogen-bond acceptors (Lipinski definition) is 6. The molecule has 1 N–H and O–H groups in total. The number of aromatic nitrogens is 3. The molecule has 0 fully saturated rings. The molecule has 3 aromatic rings. The highest BCUT2D eigenvalue weighted by atomic mass is 32.2. The normalized spacial score (nSPS) is 11.8. The molecule has 1 amide bonds. The van der Waals surface area contributed by atoms with E-state index in [1.54, 1.807) is 32.9 Å². The van der Waals surface area contributed by atoms with Crippen LogP contribution in [0.15, 0.2) is 44.8 Å². The minimum absolute atomic E-state index is 0.0190. The highest BCUT2D eigenvalue weighted by Gasteiger charge is 2.24. The second kappa shape index (κ2) is 8.67. The zero-order chi connectivity index (χ0) is 23.8. The summed E-state index contributed by atoms with van der Waals surface area (Å²) in [5, 5.41) is 2.85. The maximum absolute atomic E-state index is 12.9. The first-order chi connectivity index (χ1) is 15.0. The average molecular weight is 460 g/mol. The summed E-state index contributed by atoms with van der Waals surface area (Å²) in [6, 6.07) is 7.44. The fourth-order valence-corrected chi connectivity index (χ4v) is 5.14. The van der Waals surface area contributed by atoms with Gasteiger partial charge in [0.15, 0.2) is 0 Å². The summed E-state index contributed by atoms with van der Waals surface area (Å²) in [5.41, 5.74) is -0.158. The summed E-state index contributed by atoms with van der Waals surface area (Å²) in [6.45, 7) is 5.86. The summed E-state index contributed by atoms with van der Waals surface area (Å²) in [4.78, 5) is 41.5. The van der Waals surface area contributed by atoms with E-state index in [9.17, 15) is 22.8 Å². The summed E-state index contributed by atoms with van der Waals surface area (Å²) >= 11 is 0. The maximum atomic E-state index is 12.9. The Morgan fingerprint density at radius 3 is 2.34 bits per heavy atom. The zero-order valence-electron chi connectivity index (χ0n) is 18.5. The molecule has 0 atom stereocenters. The lowest BCUT2D eigenvalue weighted by Gasteiger charge is -2.20. The molecule has 0 radical (unpaired) electrons. The molecule has 32 heavy (non-hydrogen) atoms. The van der Waals surface area contributed by atoms with Gasteiger partial charge in [0.2, 0.25) is 10.0 Å². The molecule has 10 nitrogen and oxygen atoms in total. The minimum atomic E-state index is -3.71. The lowest BCUT2D eigenvalue weighted by molar-refractivity contribution is 0.102. The van der Waals surface area contributed by atoms with Crippen LogP contribution in [-0.4, -0.2) is 45.8 Å². The number of sulfonamides is 1. The third-order valence-electron chi connectivity index (χ3n) is 5.30. The number of pyridine rings is 1. The smallest absolute Gasteiger partial charge is 0.321 e. The van der Waals surface area contributed by atoms with Crippen molar-refractivity contribution in [1.82, 2.24) is 18.4 Å². The molecule has 0 unspecified atom stereocenters. The molecule has 0 spiro atoms. The van der Waals surface area contributed by atoms with Crippen molar-refractivity contribution < 1.29 is 13.2 Å². The first kappa shape index (κ1) is 23.4. The van der Waals surface area contributed by atoms with Gasteiger partial charge in [0, 0.05) is 32.9 Å². The van der Waals surface area contributed by atoms with Crippen molar-refractivity contribution in [2.75, 3.05) is 18.4 Å². The molecule has 2 heterocycles. The number of nitrogens with zero attached hydrogens (tertiary/aromatic N) is 4. The molecule has 3 rings (SSSR count). The summed E-state index contributed by atoms with van der Waals surface area (Å²) in [7, 11) is -0.883. The Hall–Kier alpha value is -3.31. The van der Waals surface area contributed by atoms with E-state index in [1.807, 2.05) is 0 Å². The van der Waals surface area contributed by atoms with E-state index < -0.39 is 27.2 Å². The summed E-state index contributed by atoms with van der Waals surface area (Å²) in [6.07, 6.45) is 0. The third-order valence-corrected chi connectivity index (χ3v) is 7.50. The van der Waals surface area contributed by atoms with Gasteiger partial charge in [-0.15, -0.1) is 0 Å². The van der Waals surface area contributed by atoms with Gasteiger partial charge in [-0.05, 0) is 36.8 Å². The summed E-state index contributed by atoms with van der Waals surface area (Å²) < 4.78 is 29.4. The number of aryl methyl sites for hydroxylation is 2. The van der Waals surface area contributed by atoms with Crippen LogP contribution in [-0.2, 0) is 24.1 Å². The fourth-order valence-electron chi connectivity index (χ4n) is 3.43. The standard InChI is InChI=1S/C21H25N5O5S/c1-6-26(7-2)32(30,31)17-12-14(9-8-13(17)3)22-19(27)16-11-10-15-18(23-16)24(4)21(29)25(5)20(15)28/h8-12H,6-7H2,1-5H3,(H,22,27). The largest absolute Gasteiger partial charge is 0.332 e. The Morgan fingerprint density at radius 1 is 1.06 bits per heavy atom. The fraction of sp³-hybridized carbons (Fsp3) is 0.333. The lowest BCUT2D eigenvalue weighted by Crippen LogP contribution is -2.37. The van der Waals surface area contributed by atoms with E-state index >= 15 is 0 Å². The average Bonchev–Trinajstić information content (AvgIpc) is 2.77. The summed E-state index contributed by atoms with van der Waals surface area (Å²) in [5.74, 6) is -0.602. The van der Waals surface area contributed by atoms with Crippen molar-refractivity contribution in [3.63, 3.8) is 0 Å². The van der Waals surface area contributed by atoms with Gasteiger partial charge in [0.25, 0.3) is 11.5 Å². The number of benzene rings is 1. The molecule has 11 heteroatoms. The number of hydrogen-bond donors (Lipinski definition) is 1. The molecule has 170 valence electrons. The minimum Gasteiger partial charge on any atom is -0.321 e. The van der Waals surface area contributed by atoms with E-state index in [0.29, 0.717) is 18.7 Å². The van der Waals surface area contributed by atoms with Crippen LogP contribution in [0, 0.1) is 6.92 Å². The van der Waals surface area contributed by atoms with Crippen molar-refractivity contribution in [2.45, 2.75) is 25.7 Å². The number of carbonyl (C=O) groups is 1. The first-order valence-electron chi connectivity index (χ1n) is 10.0. The van der Waals surface area contributed by atoms with Crippen molar-refractivity contribution in [3.05, 3.63) is 62.4 Å². The molecule has 0 saturated heterocycles. The Morgan fingerprint density at radius 2 is 1.72 bits per heavy atom. The van der Waals surface area contributed by atoms with Gasteiger partial charge in [-0.25, -0.2) is 18.2 Å². The quantitative estimate of drug-likeness (QED) is 0.591. The van der Waals surface area contributed by atoms with Crippen LogP contribution in [0.5, 0.6) is 0 Å². The molecule has 0 bridgehead atoms. The van der Waals surface area contributed by atoms with Crippen LogP contribution in [0.2, 0.25) is 0 Å². The number of amides is 1. The molecule has 2 aromatic heterocycles. The number of nitrogens with one attached hydrogen (secondary N) is 1. The van der Waals surface area contributed by atoms with Crippen molar-refractivity contribution in [2.24, 2.45) is 14.1 Å². The van der Waals surface area contributed by atoms with Crippen LogP contribution in [0.25, 0.3) is 11.0 Å². The Kier molecular flexibility index (Phi) is 6.33. The molecule has 1 aromatic carbocycles. The SMILES string of the molecule is CCN(CC)S(=O)(=O)c1cc(NC(=O)c2ccc3c(=O)n(C)c(=O)n(C)c3n2)ccc1C. The topological polar surface area (TPSA) is 123 Å². The molecule has 0 saturated carbocycles. The van der Waals surface area contributed by atoms with Crippen LogP contribution >= 0.6 is 0 Å². The Balaban J connectivity index is 2.00. The Labute approximate surface area is 185 Å². The number of rotatable bonds is 6. The number of carbonyl (C=O) groups excluding carboxylic acids is 1.